The molecule has 0 amide bonds. The lowest BCUT2D eigenvalue weighted by molar-refractivity contribution is -0.326. The highest BCUT2D eigenvalue weighted by Gasteiger charge is 2.29. The van der Waals surface area contributed by atoms with Crippen molar-refractivity contribution in [3.63, 3.8) is 0 Å². The summed E-state index contributed by atoms with van der Waals surface area (Å²) in [7, 11) is 0. The first-order chi connectivity index (χ1) is 8.40. The fourth-order valence-electron chi connectivity index (χ4n) is 1.48. The minimum absolute atomic E-state index is 0.298. The summed E-state index contributed by atoms with van der Waals surface area (Å²) in [4.78, 5) is 0. The second kappa shape index (κ2) is 6.75. The minimum atomic E-state index is -4.56. The van der Waals surface area contributed by atoms with Gasteiger partial charge in [-0.05, 0) is 18.9 Å². The second-order valence-corrected chi connectivity index (χ2v) is 4.23. The van der Waals surface area contributed by atoms with Gasteiger partial charge in [0.2, 0.25) is 0 Å². The molecule has 2 nitrogen and oxygen atoms in total. The third kappa shape index (κ3) is 6.02. The highest BCUT2D eigenvalue weighted by Crippen LogP contribution is 2.16. The molecule has 0 aliphatic rings. The van der Waals surface area contributed by atoms with Crippen molar-refractivity contribution in [2.75, 3.05) is 6.61 Å². The molecule has 1 rings (SSSR count). The second-order valence-electron chi connectivity index (χ2n) is 4.23. The average molecular weight is 261 g/mol. The first-order valence-corrected chi connectivity index (χ1v) is 5.90. The third-order valence-corrected chi connectivity index (χ3v) is 2.66. The number of hydrogen-bond donors (Lipinski definition) is 1. The molecule has 0 heterocycles. The quantitative estimate of drug-likeness (QED) is 0.847. The number of ether oxygens (including phenoxy) is 1. The number of hydrogen-bond acceptors (Lipinski definition) is 2. The Kier molecular flexibility index (Phi) is 5.62. The van der Waals surface area contributed by atoms with Crippen molar-refractivity contribution in [3.05, 3.63) is 35.4 Å². The van der Waals surface area contributed by atoms with E-state index in [0.29, 0.717) is 13.0 Å². The van der Waals surface area contributed by atoms with Crippen LogP contribution in [0.1, 0.15) is 24.5 Å². The number of rotatable bonds is 6. The zero-order chi connectivity index (χ0) is 13.6. The van der Waals surface area contributed by atoms with E-state index in [0.717, 1.165) is 11.1 Å². The third-order valence-electron chi connectivity index (χ3n) is 2.66. The van der Waals surface area contributed by atoms with Gasteiger partial charge in [0.1, 0.15) is 0 Å². The summed E-state index contributed by atoms with van der Waals surface area (Å²) < 4.78 is 39.6. The summed E-state index contributed by atoms with van der Waals surface area (Å²) in [6, 6.07) is 7.57. The fourth-order valence-corrected chi connectivity index (χ4v) is 1.48. The Morgan fingerprint density at radius 1 is 1.22 bits per heavy atom. The molecule has 5 heteroatoms. The Balaban J connectivity index is 2.37. The predicted octanol–water partition coefficient (Wildman–Crippen LogP) is 3.40. The summed E-state index contributed by atoms with van der Waals surface area (Å²) >= 11 is 0. The summed E-state index contributed by atoms with van der Waals surface area (Å²) in [6.07, 6.45) is -3.97. The monoisotopic (exact) mass is 261 g/mol. The topological polar surface area (TPSA) is 21.3 Å². The van der Waals surface area contributed by atoms with E-state index in [-0.39, 0.29) is 12.6 Å². The molecular formula is C13H18F3NO. The molecule has 0 saturated carbocycles. The lowest BCUT2D eigenvalue weighted by Gasteiger charge is -2.18. The molecule has 102 valence electrons. The van der Waals surface area contributed by atoms with Gasteiger partial charge in [0.25, 0.3) is 0 Å². The van der Waals surface area contributed by atoms with E-state index in [2.05, 4.69) is 10.1 Å². The Morgan fingerprint density at radius 3 is 2.33 bits per heavy atom. The van der Waals surface area contributed by atoms with Crippen LogP contribution in [-0.4, -0.2) is 19.0 Å². The van der Waals surface area contributed by atoms with Crippen LogP contribution in [0, 0.1) is 6.92 Å². The zero-order valence-corrected chi connectivity index (χ0v) is 10.6. The van der Waals surface area contributed by atoms with Gasteiger partial charge >= 0.3 is 6.36 Å². The van der Waals surface area contributed by atoms with Crippen LogP contribution < -0.4 is 5.32 Å². The summed E-state index contributed by atoms with van der Waals surface area (Å²) in [5, 5.41) is 3.05. The predicted molar refractivity (Wildman–Crippen MR) is 64.1 cm³/mol. The van der Waals surface area contributed by atoms with E-state index in [1.165, 1.54) is 0 Å². The molecule has 0 radical (unpaired) electrons. The summed E-state index contributed by atoms with van der Waals surface area (Å²) in [5.41, 5.74) is 2.21. The van der Waals surface area contributed by atoms with Crippen LogP contribution in [0.25, 0.3) is 0 Å². The molecule has 18 heavy (non-hydrogen) atoms. The molecule has 1 N–H and O–H groups in total. The Hall–Kier alpha value is -1.07. The van der Waals surface area contributed by atoms with Crippen LogP contribution in [0.4, 0.5) is 13.2 Å². The number of benzene rings is 1. The van der Waals surface area contributed by atoms with Crippen LogP contribution in [0.5, 0.6) is 0 Å². The highest BCUT2D eigenvalue weighted by molar-refractivity contribution is 5.21. The average Bonchev–Trinajstić information content (AvgIpc) is 2.30. The molecule has 0 spiro atoms. The van der Waals surface area contributed by atoms with Gasteiger partial charge in [-0.3, -0.25) is 4.74 Å². The van der Waals surface area contributed by atoms with E-state index >= 15 is 0 Å². The van der Waals surface area contributed by atoms with Crippen molar-refractivity contribution in [1.82, 2.24) is 5.32 Å². The maximum absolute atomic E-state index is 11.9. The Labute approximate surface area is 105 Å². The van der Waals surface area contributed by atoms with Crippen LogP contribution >= 0.6 is 0 Å². The van der Waals surface area contributed by atoms with Gasteiger partial charge in [-0.15, -0.1) is 13.2 Å². The van der Waals surface area contributed by atoms with Crippen molar-refractivity contribution >= 4 is 0 Å². The normalized spacial score (nSPS) is 13.6. The molecule has 0 aromatic heterocycles. The SMILES string of the molecule is CCC(COC(F)(F)F)NCc1ccc(C)cc1. The standard InChI is InChI=1S/C13H18F3NO/c1-3-12(9-18-13(14,15)16)17-8-11-6-4-10(2)5-7-11/h4-7,12,17H,3,8-9H2,1-2H3. The lowest BCUT2D eigenvalue weighted by atomic mass is 10.1. The largest absolute Gasteiger partial charge is 0.522 e. The number of alkyl halides is 3. The van der Waals surface area contributed by atoms with Crippen LogP contribution in [-0.2, 0) is 11.3 Å². The molecular weight excluding hydrogens is 243 g/mol. The van der Waals surface area contributed by atoms with Crippen LogP contribution in [0.3, 0.4) is 0 Å². The smallest absolute Gasteiger partial charge is 0.308 e. The van der Waals surface area contributed by atoms with Gasteiger partial charge in [0.15, 0.2) is 0 Å². The van der Waals surface area contributed by atoms with Crippen molar-refractivity contribution in [1.29, 1.82) is 0 Å². The number of nitrogens with one attached hydrogen (secondary N) is 1. The van der Waals surface area contributed by atoms with Gasteiger partial charge in [0.05, 0.1) is 6.61 Å². The lowest BCUT2D eigenvalue weighted by Crippen LogP contribution is -2.34. The van der Waals surface area contributed by atoms with Crippen molar-refractivity contribution in [3.8, 4) is 0 Å². The van der Waals surface area contributed by atoms with Gasteiger partial charge < -0.3 is 5.32 Å². The van der Waals surface area contributed by atoms with E-state index in [4.69, 9.17) is 0 Å². The van der Waals surface area contributed by atoms with E-state index < -0.39 is 6.36 Å². The highest BCUT2D eigenvalue weighted by atomic mass is 19.4. The van der Waals surface area contributed by atoms with Gasteiger partial charge in [-0.25, -0.2) is 0 Å². The molecule has 0 aliphatic carbocycles. The summed E-state index contributed by atoms with van der Waals surface area (Å²) in [6.45, 7) is 4.00. The maximum atomic E-state index is 11.9. The molecule has 0 bridgehead atoms. The van der Waals surface area contributed by atoms with Crippen molar-refractivity contribution < 1.29 is 17.9 Å². The first kappa shape index (κ1) is 15.0. The molecule has 1 unspecified atom stereocenters. The number of halogens is 3. The van der Waals surface area contributed by atoms with E-state index in [1.807, 2.05) is 38.1 Å². The van der Waals surface area contributed by atoms with Crippen LogP contribution in [0.2, 0.25) is 0 Å². The zero-order valence-electron chi connectivity index (χ0n) is 10.6. The maximum Gasteiger partial charge on any atom is 0.522 e. The van der Waals surface area contributed by atoms with E-state index in [1.54, 1.807) is 0 Å². The molecule has 0 fully saturated rings. The molecule has 0 aliphatic heterocycles. The van der Waals surface area contributed by atoms with Gasteiger partial charge in [0, 0.05) is 12.6 Å². The Morgan fingerprint density at radius 2 is 1.83 bits per heavy atom. The summed E-state index contributed by atoms with van der Waals surface area (Å²) in [5.74, 6) is 0. The van der Waals surface area contributed by atoms with Crippen LogP contribution in [0.15, 0.2) is 24.3 Å². The van der Waals surface area contributed by atoms with Gasteiger partial charge in [-0.1, -0.05) is 36.8 Å². The molecule has 0 saturated heterocycles. The molecule has 1 aromatic carbocycles. The van der Waals surface area contributed by atoms with Gasteiger partial charge in [-0.2, -0.15) is 0 Å². The first-order valence-electron chi connectivity index (χ1n) is 5.90. The number of aryl methyl sites for hydroxylation is 1. The minimum Gasteiger partial charge on any atom is -0.308 e. The molecule has 1 aromatic rings. The Bertz CT molecular complexity index is 348. The fraction of sp³-hybridized carbons (Fsp3) is 0.538. The van der Waals surface area contributed by atoms with Crippen molar-refractivity contribution in [2.45, 2.75) is 39.2 Å². The van der Waals surface area contributed by atoms with Crippen molar-refractivity contribution in [2.24, 2.45) is 0 Å². The van der Waals surface area contributed by atoms with E-state index in [9.17, 15) is 13.2 Å². The molecule has 1 atom stereocenters.